The molecule has 1 aromatic rings. The highest BCUT2D eigenvalue weighted by atomic mass is 16.5. The SMILES string of the molecule is CCC/C=C/C(=O)n1cccc1C(=O)OCC. The van der Waals surface area contributed by atoms with Crippen LogP contribution in [0.1, 0.15) is 42.0 Å². The summed E-state index contributed by atoms with van der Waals surface area (Å²) < 4.78 is 6.16. The lowest BCUT2D eigenvalue weighted by Gasteiger charge is -2.04. The van der Waals surface area contributed by atoms with Gasteiger partial charge in [0.2, 0.25) is 0 Å². The van der Waals surface area contributed by atoms with E-state index in [0.717, 1.165) is 12.8 Å². The molecule has 0 fully saturated rings. The van der Waals surface area contributed by atoms with Crippen LogP contribution in [0.25, 0.3) is 0 Å². The van der Waals surface area contributed by atoms with Crippen molar-refractivity contribution in [3.8, 4) is 0 Å². The van der Waals surface area contributed by atoms with E-state index in [1.165, 1.54) is 10.6 Å². The van der Waals surface area contributed by atoms with E-state index in [1.807, 2.05) is 6.92 Å². The Labute approximate surface area is 101 Å². The van der Waals surface area contributed by atoms with E-state index in [-0.39, 0.29) is 11.6 Å². The van der Waals surface area contributed by atoms with Crippen LogP contribution in [-0.4, -0.2) is 23.1 Å². The normalized spacial score (nSPS) is 10.7. The minimum atomic E-state index is -0.477. The fraction of sp³-hybridized carbons (Fsp3) is 0.385. The van der Waals surface area contributed by atoms with Crippen molar-refractivity contribution in [1.82, 2.24) is 4.57 Å². The molecule has 0 saturated carbocycles. The lowest BCUT2D eigenvalue weighted by molar-refractivity contribution is 0.0510. The predicted octanol–water partition coefficient (Wildman–Crippen LogP) is 2.66. The molecule has 0 unspecified atom stereocenters. The summed E-state index contributed by atoms with van der Waals surface area (Å²) >= 11 is 0. The number of carbonyl (C=O) groups excluding carboxylic acids is 2. The quantitative estimate of drug-likeness (QED) is 0.582. The average molecular weight is 235 g/mol. The number of aromatic nitrogens is 1. The van der Waals surface area contributed by atoms with E-state index >= 15 is 0 Å². The Morgan fingerprint density at radius 3 is 2.82 bits per heavy atom. The molecule has 1 heterocycles. The van der Waals surface area contributed by atoms with Gasteiger partial charge in [-0.25, -0.2) is 4.79 Å². The zero-order chi connectivity index (χ0) is 12.7. The molecule has 0 aliphatic heterocycles. The highest BCUT2D eigenvalue weighted by molar-refractivity contribution is 5.97. The van der Waals surface area contributed by atoms with E-state index in [9.17, 15) is 9.59 Å². The molecule has 0 atom stereocenters. The minimum Gasteiger partial charge on any atom is -0.461 e. The first-order chi connectivity index (χ1) is 8.20. The van der Waals surface area contributed by atoms with Crippen molar-refractivity contribution in [1.29, 1.82) is 0 Å². The van der Waals surface area contributed by atoms with Gasteiger partial charge in [0, 0.05) is 6.20 Å². The van der Waals surface area contributed by atoms with Gasteiger partial charge in [0.25, 0.3) is 5.91 Å². The Hall–Kier alpha value is -1.84. The molecule has 0 aliphatic carbocycles. The topological polar surface area (TPSA) is 48.3 Å². The van der Waals surface area contributed by atoms with Crippen LogP contribution in [0.5, 0.6) is 0 Å². The van der Waals surface area contributed by atoms with Crippen LogP contribution < -0.4 is 0 Å². The third-order valence-corrected chi connectivity index (χ3v) is 2.19. The Morgan fingerprint density at radius 2 is 2.18 bits per heavy atom. The van der Waals surface area contributed by atoms with E-state index in [2.05, 4.69) is 0 Å². The number of hydrogen-bond donors (Lipinski definition) is 0. The third-order valence-electron chi connectivity index (χ3n) is 2.19. The zero-order valence-electron chi connectivity index (χ0n) is 10.2. The number of esters is 1. The minimum absolute atomic E-state index is 0.230. The van der Waals surface area contributed by atoms with Crippen LogP contribution >= 0.6 is 0 Å². The van der Waals surface area contributed by atoms with Crippen molar-refractivity contribution in [3.63, 3.8) is 0 Å². The van der Waals surface area contributed by atoms with Crippen LogP contribution in [-0.2, 0) is 4.74 Å². The van der Waals surface area contributed by atoms with Gasteiger partial charge in [-0.05, 0) is 31.6 Å². The van der Waals surface area contributed by atoms with Crippen molar-refractivity contribution in [2.75, 3.05) is 6.61 Å². The maximum Gasteiger partial charge on any atom is 0.355 e. The number of ether oxygens (including phenoxy) is 1. The molecule has 0 amide bonds. The molecule has 17 heavy (non-hydrogen) atoms. The van der Waals surface area contributed by atoms with Gasteiger partial charge in [-0.3, -0.25) is 9.36 Å². The van der Waals surface area contributed by atoms with Gasteiger partial charge in [0.15, 0.2) is 0 Å². The molecule has 0 radical (unpaired) electrons. The second kappa shape index (κ2) is 6.68. The summed E-state index contributed by atoms with van der Waals surface area (Å²) in [6, 6.07) is 3.22. The highest BCUT2D eigenvalue weighted by Gasteiger charge is 2.14. The van der Waals surface area contributed by atoms with Gasteiger partial charge in [-0.1, -0.05) is 19.4 Å². The lowest BCUT2D eigenvalue weighted by atomic mass is 10.3. The molecule has 4 nitrogen and oxygen atoms in total. The molecule has 1 rings (SSSR count). The van der Waals surface area contributed by atoms with Crippen molar-refractivity contribution in [3.05, 3.63) is 36.2 Å². The summed E-state index contributed by atoms with van der Waals surface area (Å²) in [5.41, 5.74) is 0.262. The molecule has 0 bridgehead atoms. The Kier molecular flexibility index (Phi) is 5.20. The number of allylic oxidation sites excluding steroid dienone is 2. The summed E-state index contributed by atoms with van der Waals surface area (Å²) in [6.45, 7) is 4.06. The fourth-order valence-corrected chi connectivity index (χ4v) is 1.38. The van der Waals surface area contributed by atoms with E-state index in [4.69, 9.17) is 4.74 Å². The van der Waals surface area contributed by atoms with Crippen molar-refractivity contribution < 1.29 is 14.3 Å². The molecule has 0 spiro atoms. The van der Waals surface area contributed by atoms with Gasteiger partial charge in [0.05, 0.1) is 6.61 Å². The summed E-state index contributed by atoms with van der Waals surface area (Å²) in [7, 11) is 0. The number of rotatable bonds is 5. The summed E-state index contributed by atoms with van der Waals surface area (Å²) in [5, 5.41) is 0. The lowest BCUT2D eigenvalue weighted by Crippen LogP contribution is -2.16. The molecule has 0 aromatic carbocycles. The maximum absolute atomic E-state index is 11.8. The maximum atomic E-state index is 11.8. The van der Waals surface area contributed by atoms with Crippen LogP contribution in [0.2, 0.25) is 0 Å². The van der Waals surface area contributed by atoms with Crippen molar-refractivity contribution in [2.45, 2.75) is 26.7 Å². The van der Waals surface area contributed by atoms with Crippen molar-refractivity contribution in [2.24, 2.45) is 0 Å². The summed E-state index contributed by atoms with van der Waals surface area (Å²) in [6.07, 6.45) is 6.68. The Balaban J connectivity index is 2.81. The van der Waals surface area contributed by atoms with E-state index < -0.39 is 5.97 Å². The largest absolute Gasteiger partial charge is 0.461 e. The molecule has 1 aromatic heterocycles. The van der Waals surface area contributed by atoms with Crippen LogP contribution in [0.3, 0.4) is 0 Å². The van der Waals surface area contributed by atoms with Crippen LogP contribution in [0, 0.1) is 0 Å². The van der Waals surface area contributed by atoms with E-state index in [0.29, 0.717) is 6.61 Å². The first-order valence-corrected chi connectivity index (χ1v) is 5.76. The number of hydrogen-bond acceptors (Lipinski definition) is 3. The van der Waals surface area contributed by atoms with Crippen LogP contribution in [0.15, 0.2) is 30.5 Å². The van der Waals surface area contributed by atoms with Gasteiger partial charge >= 0.3 is 5.97 Å². The van der Waals surface area contributed by atoms with Crippen molar-refractivity contribution >= 4 is 11.9 Å². The van der Waals surface area contributed by atoms with Gasteiger partial charge < -0.3 is 4.74 Å². The molecular weight excluding hydrogens is 218 g/mol. The zero-order valence-corrected chi connectivity index (χ0v) is 10.2. The second-order valence-corrected chi connectivity index (χ2v) is 3.51. The average Bonchev–Trinajstić information content (AvgIpc) is 2.78. The molecule has 0 saturated heterocycles. The molecule has 4 heteroatoms. The molecular formula is C13H17NO3. The van der Waals surface area contributed by atoms with Gasteiger partial charge in [-0.15, -0.1) is 0 Å². The summed E-state index contributed by atoms with van der Waals surface area (Å²) in [5.74, 6) is -0.707. The molecule has 92 valence electrons. The first kappa shape index (κ1) is 13.2. The highest BCUT2D eigenvalue weighted by Crippen LogP contribution is 2.05. The second-order valence-electron chi connectivity index (χ2n) is 3.51. The standard InChI is InChI=1S/C13H17NO3/c1-3-5-6-9-12(15)14-10-7-8-11(14)13(16)17-4-2/h6-10H,3-5H2,1-2H3/b9-6+. The predicted molar refractivity (Wildman–Crippen MR) is 65.1 cm³/mol. The molecule has 0 N–H and O–H groups in total. The Morgan fingerprint density at radius 1 is 1.41 bits per heavy atom. The van der Waals surface area contributed by atoms with Crippen LogP contribution in [0.4, 0.5) is 0 Å². The summed E-state index contributed by atoms with van der Waals surface area (Å²) in [4.78, 5) is 23.3. The number of unbranched alkanes of at least 4 members (excludes halogenated alkanes) is 1. The smallest absolute Gasteiger partial charge is 0.355 e. The number of nitrogens with zero attached hydrogens (tertiary/aromatic N) is 1. The first-order valence-electron chi connectivity index (χ1n) is 5.76. The fourth-order valence-electron chi connectivity index (χ4n) is 1.38. The van der Waals surface area contributed by atoms with Gasteiger partial charge in [0.1, 0.15) is 5.69 Å². The van der Waals surface area contributed by atoms with Gasteiger partial charge in [-0.2, -0.15) is 0 Å². The monoisotopic (exact) mass is 235 g/mol. The molecule has 0 aliphatic rings. The third kappa shape index (κ3) is 3.59. The number of carbonyl (C=O) groups is 2. The van der Waals surface area contributed by atoms with E-state index in [1.54, 1.807) is 31.3 Å². The Bertz CT molecular complexity index is 418.